The first-order valence-corrected chi connectivity index (χ1v) is 9.17. The maximum Gasteiger partial charge on any atom is 0.262 e. The van der Waals surface area contributed by atoms with Gasteiger partial charge in [0.25, 0.3) is 15.9 Å². The van der Waals surface area contributed by atoms with Crippen LogP contribution in [0.4, 0.5) is 11.4 Å². The first-order valence-electron chi connectivity index (χ1n) is 7.69. The van der Waals surface area contributed by atoms with Gasteiger partial charge in [-0.2, -0.15) is 5.26 Å². The van der Waals surface area contributed by atoms with Crippen LogP contribution in [0.1, 0.15) is 12.5 Å². The molecule has 1 heterocycles. The zero-order valence-electron chi connectivity index (χ0n) is 13.8. The Kier molecular flexibility index (Phi) is 4.69. The Morgan fingerprint density at radius 3 is 2.85 bits per heavy atom. The lowest BCUT2D eigenvalue weighted by Crippen LogP contribution is -2.25. The average Bonchev–Trinajstić information content (AvgIpc) is 2.62. The Balaban J connectivity index is 1.88. The quantitative estimate of drug-likeness (QED) is 0.829. The summed E-state index contributed by atoms with van der Waals surface area (Å²) in [7, 11) is -3.91. The number of benzene rings is 2. The highest BCUT2D eigenvalue weighted by Crippen LogP contribution is 2.31. The van der Waals surface area contributed by atoms with Crippen molar-refractivity contribution in [1.82, 2.24) is 0 Å². The van der Waals surface area contributed by atoms with Gasteiger partial charge in [0, 0.05) is 6.07 Å². The molecule has 0 aromatic heterocycles. The molecule has 0 bridgehead atoms. The second kappa shape index (κ2) is 6.93. The first kappa shape index (κ1) is 17.6. The monoisotopic (exact) mass is 373 g/mol. The number of hydrogen-bond acceptors (Lipinski definition) is 6. The molecule has 8 nitrogen and oxygen atoms in total. The Bertz CT molecular complexity index is 1010. The van der Waals surface area contributed by atoms with Crippen molar-refractivity contribution in [2.24, 2.45) is 0 Å². The number of ether oxygens (including phenoxy) is 2. The highest BCUT2D eigenvalue weighted by atomic mass is 32.2. The van der Waals surface area contributed by atoms with E-state index in [1.807, 2.05) is 6.07 Å². The normalized spacial score (nSPS) is 13.0. The SMILES string of the molecule is CCOc1ccc(S(=O)(=O)Nc2ccc3c(c2)OCC(=O)N3)cc1C#N. The number of nitrogens with one attached hydrogen (secondary N) is 2. The van der Waals surface area contributed by atoms with E-state index >= 15 is 0 Å². The molecule has 9 heteroatoms. The van der Waals surface area contributed by atoms with E-state index in [9.17, 15) is 18.5 Å². The molecule has 0 atom stereocenters. The summed E-state index contributed by atoms with van der Waals surface area (Å²) >= 11 is 0. The summed E-state index contributed by atoms with van der Waals surface area (Å²) in [4.78, 5) is 11.2. The van der Waals surface area contributed by atoms with Crippen molar-refractivity contribution in [2.75, 3.05) is 23.3 Å². The van der Waals surface area contributed by atoms with Crippen molar-refractivity contribution in [2.45, 2.75) is 11.8 Å². The lowest BCUT2D eigenvalue weighted by atomic mass is 10.2. The van der Waals surface area contributed by atoms with E-state index in [-0.39, 0.29) is 28.7 Å². The van der Waals surface area contributed by atoms with Crippen LogP contribution in [0, 0.1) is 11.3 Å². The fourth-order valence-corrected chi connectivity index (χ4v) is 3.47. The molecule has 0 radical (unpaired) electrons. The summed E-state index contributed by atoms with van der Waals surface area (Å²) in [6, 6.07) is 10.5. The Hall–Kier alpha value is -3.25. The minimum absolute atomic E-state index is 0.0653. The number of anilines is 2. The number of carbonyl (C=O) groups is 1. The predicted molar refractivity (Wildman–Crippen MR) is 93.7 cm³/mol. The molecule has 0 aliphatic carbocycles. The number of nitriles is 1. The van der Waals surface area contributed by atoms with E-state index in [1.54, 1.807) is 13.0 Å². The van der Waals surface area contributed by atoms with Crippen molar-refractivity contribution < 1.29 is 22.7 Å². The van der Waals surface area contributed by atoms with E-state index < -0.39 is 10.0 Å². The second-order valence-corrected chi connectivity index (χ2v) is 7.04. The fourth-order valence-electron chi connectivity index (χ4n) is 2.40. The third-order valence-electron chi connectivity index (χ3n) is 3.55. The van der Waals surface area contributed by atoms with Crippen LogP contribution in [0.5, 0.6) is 11.5 Å². The van der Waals surface area contributed by atoms with Gasteiger partial charge in [-0.1, -0.05) is 0 Å². The molecule has 0 unspecified atom stereocenters. The maximum absolute atomic E-state index is 12.6. The molecule has 0 fully saturated rings. The minimum Gasteiger partial charge on any atom is -0.492 e. The number of fused-ring (bicyclic) bond motifs is 1. The largest absolute Gasteiger partial charge is 0.492 e. The van der Waals surface area contributed by atoms with Crippen molar-refractivity contribution in [3.05, 3.63) is 42.0 Å². The van der Waals surface area contributed by atoms with Gasteiger partial charge in [-0.3, -0.25) is 9.52 Å². The smallest absolute Gasteiger partial charge is 0.262 e. The van der Waals surface area contributed by atoms with Gasteiger partial charge in [0.2, 0.25) is 0 Å². The third-order valence-corrected chi connectivity index (χ3v) is 4.93. The summed E-state index contributed by atoms with van der Waals surface area (Å²) < 4.78 is 38.2. The minimum atomic E-state index is -3.91. The zero-order valence-corrected chi connectivity index (χ0v) is 14.6. The van der Waals surface area contributed by atoms with Gasteiger partial charge in [0.1, 0.15) is 17.6 Å². The lowest BCUT2D eigenvalue weighted by molar-refractivity contribution is -0.118. The van der Waals surface area contributed by atoms with Crippen LogP contribution in [0.15, 0.2) is 41.3 Å². The Morgan fingerprint density at radius 1 is 1.31 bits per heavy atom. The second-order valence-electron chi connectivity index (χ2n) is 5.36. The van der Waals surface area contributed by atoms with Gasteiger partial charge in [0.05, 0.1) is 28.4 Å². The molecular weight excluding hydrogens is 358 g/mol. The van der Waals surface area contributed by atoms with Gasteiger partial charge in [-0.15, -0.1) is 0 Å². The third kappa shape index (κ3) is 3.55. The van der Waals surface area contributed by atoms with Crippen LogP contribution in [0.25, 0.3) is 0 Å². The number of hydrogen-bond donors (Lipinski definition) is 2. The molecule has 3 rings (SSSR count). The molecular formula is C17H15N3O5S. The van der Waals surface area contributed by atoms with Gasteiger partial charge < -0.3 is 14.8 Å². The highest BCUT2D eigenvalue weighted by molar-refractivity contribution is 7.92. The van der Waals surface area contributed by atoms with Gasteiger partial charge in [-0.05, 0) is 37.3 Å². The van der Waals surface area contributed by atoms with Crippen LogP contribution in [-0.4, -0.2) is 27.5 Å². The summed E-state index contributed by atoms with van der Waals surface area (Å²) in [5.41, 5.74) is 0.871. The van der Waals surface area contributed by atoms with Crippen LogP contribution in [0.3, 0.4) is 0 Å². The standard InChI is InChI=1S/C17H15N3O5S/c1-2-24-15-6-4-13(7-11(15)9-18)26(22,23)20-12-3-5-14-16(8-12)25-10-17(21)19-14/h3-8,20H,2,10H2,1H3,(H,19,21). The lowest BCUT2D eigenvalue weighted by Gasteiger charge is -2.19. The van der Waals surface area contributed by atoms with E-state index in [4.69, 9.17) is 9.47 Å². The molecule has 1 aliphatic heterocycles. The van der Waals surface area contributed by atoms with Crippen LogP contribution in [0.2, 0.25) is 0 Å². The first-order chi connectivity index (χ1) is 12.4. The Morgan fingerprint density at radius 2 is 2.12 bits per heavy atom. The summed E-state index contributed by atoms with van der Waals surface area (Å²) in [5.74, 6) is 0.422. The van der Waals surface area contributed by atoms with Gasteiger partial charge in [0.15, 0.2) is 6.61 Å². The molecule has 1 aliphatic rings. The summed E-state index contributed by atoms with van der Waals surface area (Å²) in [5, 5.41) is 11.8. The molecule has 134 valence electrons. The highest BCUT2D eigenvalue weighted by Gasteiger charge is 2.20. The topological polar surface area (TPSA) is 118 Å². The van der Waals surface area contributed by atoms with Gasteiger partial charge >= 0.3 is 0 Å². The van der Waals surface area contributed by atoms with Crippen molar-refractivity contribution in [3.8, 4) is 17.6 Å². The number of rotatable bonds is 5. The maximum atomic E-state index is 12.6. The fraction of sp³-hybridized carbons (Fsp3) is 0.176. The number of carbonyl (C=O) groups excluding carboxylic acids is 1. The molecule has 2 aromatic carbocycles. The van der Waals surface area contributed by atoms with Crippen molar-refractivity contribution in [1.29, 1.82) is 5.26 Å². The Labute approximate surface area is 150 Å². The van der Waals surface area contributed by atoms with Crippen LogP contribution < -0.4 is 19.5 Å². The van der Waals surface area contributed by atoms with Crippen molar-refractivity contribution >= 4 is 27.3 Å². The van der Waals surface area contributed by atoms with Crippen molar-refractivity contribution in [3.63, 3.8) is 0 Å². The van der Waals surface area contributed by atoms with E-state index in [0.717, 1.165) is 0 Å². The number of sulfonamides is 1. The molecule has 2 aromatic rings. The number of amides is 1. The summed E-state index contributed by atoms with van der Waals surface area (Å²) in [6.45, 7) is 2.01. The number of nitrogens with zero attached hydrogens (tertiary/aromatic N) is 1. The molecule has 0 spiro atoms. The molecule has 26 heavy (non-hydrogen) atoms. The zero-order chi connectivity index (χ0) is 18.7. The van der Waals surface area contributed by atoms with Crippen LogP contribution >= 0.6 is 0 Å². The molecule has 0 saturated heterocycles. The van der Waals surface area contributed by atoms with E-state index in [1.165, 1.54) is 30.3 Å². The molecule has 2 N–H and O–H groups in total. The van der Waals surface area contributed by atoms with Crippen LogP contribution in [-0.2, 0) is 14.8 Å². The summed E-state index contributed by atoms with van der Waals surface area (Å²) in [6.07, 6.45) is 0. The molecule has 1 amide bonds. The average molecular weight is 373 g/mol. The van der Waals surface area contributed by atoms with Gasteiger partial charge in [-0.25, -0.2) is 8.42 Å². The molecule has 0 saturated carbocycles. The van der Waals surface area contributed by atoms with E-state index in [0.29, 0.717) is 23.8 Å². The predicted octanol–water partition coefficient (Wildman–Crippen LogP) is 2.09. The van der Waals surface area contributed by atoms with E-state index in [2.05, 4.69) is 10.0 Å².